The normalized spacial score (nSPS) is 10.1. The van der Waals surface area contributed by atoms with Crippen molar-refractivity contribution in [2.75, 3.05) is 19.1 Å². The van der Waals surface area contributed by atoms with Crippen LogP contribution in [-0.4, -0.2) is 20.1 Å². The number of benzene rings is 2. The second-order valence-corrected chi connectivity index (χ2v) is 4.56. The van der Waals surface area contributed by atoms with Gasteiger partial charge in [0.1, 0.15) is 5.75 Å². The van der Waals surface area contributed by atoms with Crippen molar-refractivity contribution < 1.29 is 9.53 Å². The Morgan fingerprint density at radius 2 is 1.74 bits per heavy atom. The van der Waals surface area contributed by atoms with E-state index in [9.17, 15) is 4.79 Å². The van der Waals surface area contributed by atoms with Crippen LogP contribution >= 0.6 is 12.6 Å². The standard InChI is InChI=1S/C15H15NO2S/c1-16(11-7-9-12(18-2)10-8-11)15(17)13-5-3-4-6-14(13)19/h3-10,19H,1-2H3. The molecule has 0 aliphatic rings. The highest BCUT2D eigenvalue weighted by Crippen LogP contribution is 2.21. The van der Waals surface area contributed by atoms with Gasteiger partial charge in [0.05, 0.1) is 12.7 Å². The molecule has 98 valence electrons. The summed E-state index contributed by atoms with van der Waals surface area (Å²) in [4.78, 5) is 14.6. The summed E-state index contributed by atoms with van der Waals surface area (Å²) in [7, 11) is 3.35. The van der Waals surface area contributed by atoms with Gasteiger partial charge in [-0.05, 0) is 36.4 Å². The molecule has 0 spiro atoms. The molecule has 2 aromatic carbocycles. The Morgan fingerprint density at radius 3 is 2.32 bits per heavy atom. The molecule has 0 N–H and O–H groups in total. The van der Waals surface area contributed by atoms with Crippen LogP contribution in [0.25, 0.3) is 0 Å². The van der Waals surface area contributed by atoms with Gasteiger partial charge in [0.15, 0.2) is 0 Å². The molecular weight excluding hydrogens is 258 g/mol. The van der Waals surface area contributed by atoms with Gasteiger partial charge in [-0.3, -0.25) is 4.79 Å². The number of carbonyl (C=O) groups excluding carboxylic acids is 1. The number of methoxy groups -OCH3 is 1. The van der Waals surface area contributed by atoms with E-state index in [1.165, 1.54) is 0 Å². The molecule has 0 radical (unpaired) electrons. The zero-order chi connectivity index (χ0) is 13.8. The van der Waals surface area contributed by atoms with Crippen molar-refractivity contribution in [3.63, 3.8) is 0 Å². The van der Waals surface area contributed by atoms with E-state index in [1.54, 1.807) is 31.2 Å². The van der Waals surface area contributed by atoms with Crippen LogP contribution in [0.4, 0.5) is 5.69 Å². The lowest BCUT2D eigenvalue weighted by atomic mass is 10.2. The molecule has 0 aliphatic heterocycles. The Morgan fingerprint density at radius 1 is 1.11 bits per heavy atom. The van der Waals surface area contributed by atoms with Gasteiger partial charge >= 0.3 is 0 Å². The van der Waals surface area contributed by atoms with E-state index in [0.29, 0.717) is 10.5 Å². The van der Waals surface area contributed by atoms with Crippen molar-refractivity contribution in [3.05, 3.63) is 54.1 Å². The minimum Gasteiger partial charge on any atom is -0.497 e. The van der Waals surface area contributed by atoms with Crippen LogP contribution in [0.5, 0.6) is 5.75 Å². The lowest BCUT2D eigenvalue weighted by Crippen LogP contribution is -2.26. The van der Waals surface area contributed by atoms with Crippen molar-refractivity contribution in [3.8, 4) is 5.75 Å². The maximum Gasteiger partial charge on any atom is 0.259 e. The monoisotopic (exact) mass is 273 g/mol. The summed E-state index contributed by atoms with van der Waals surface area (Å²) in [5.41, 5.74) is 1.39. The van der Waals surface area contributed by atoms with Crippen LogP contribution in [0.15, 0.2) is 53.4 Å². The third-order valence-corrected chi connectivity index (χ3v) is 3.29. The summed E-state index contributed by atoms with van der Waals surface area (Å²) in [6.45, 7) is 0. The molecule has 0 heterocycles. The third kappa shape index (κ3) is 2.90. The van der Waals surface area contributed by atoms with Crippen molar-refractivity contribution in [2.45, 2.75) is 4.90 Å². The Hall–Kier alpha value is -1.94. The summed E-state index contributed by atoms with van der Waals surface area (Å²) >= 11 is 4.31. The molecule has 1 amide bonds. The average molecular weight is 273 g/mol. The first-order chi connectivity index (χ1) is 9.13. The van der Waals surface area contributed by atoms with Crippen LogP contribution < -0.4 is 9.64 Å². The molecule has 0 saturated carbocycles. The number of hydrogen-bond donors (Lipinski definition) is 1. The number of hydrogen-bond acceptors (Lipinski definition) is 3. The van der Waals surface area contributed by atoms with Crippen molar-refractivity contribution in [1.82, 2.24) is 0 Å². The first-order valence-corrected chi connectivity index (χ1v) is 6.28. The fourth-order valence-corrected chi connectivity index (χ4v) is 2.01. The second kappa shape index (κ2) is 5.80. The van der Waals surface area contributed by atoms with Gasteiger partial charge < -0.3 is 9.64 Å². The van der Waals surface area contributed by atoms with Gasteiger partial charge in [-0.1, -0.05) is 12.1 Å². The van der Waals surface area contributed by atoms with Crippen LogP contribution in [0.1, 0.15) is 10.4 Å². The average Bonchev–Trinajstić information content (AvgIpc) is 2.46. The van der Waals surface area contributed by atoms with Crippen molar-refractivity contribution in [2.24, 2.45) is 0 Å². The number of carbonyl (C=O) groups is 1. The van der Waals surface area contributed by atoms with Crippen LogP contribution in [0.2, 0.25) is 0 Å². The van der Waals surface area contributed by atoms with E-state index >= 15 is 0 Å². The van der Waals surface area contributed by atoms with Gasteiger partial charge in [0, 0.05) is 17.6 Å². The largest absolute Gasteiger partial charge is 0.497 e. The summed E-state index contributed by atoms with van der Waals surface area (Å²) < 4.78 is 5.10. The predicted octanol–water partition coefficient (Wildman–Crippen LogP) is 3.26. The van der Waals surface area contributed by atoms with E-state index in [0.717, 1.165) is 11.4 Å². The molecule has 0 saturated heterocycles. The van der Waals surface area contributed by atoms with Crippen LogP contribution in [-0.2, 0) is 0 Å². The lowest BCUT2D eigenvalue weighted by Gasteiger charge is -2.18. The zero-order valence-corrected chi connectivity index (χ0v) is 11.7. The van der Waals surface area contributed by atoms with E-state index in [-0.39, 0.29) is 5.91 Å². The summed E-state index contributed by atoms with van der Waals surface area (Å²) in [5.74, 6) is 0.676. The van der Waals surface area contributed by atoms with Crippen LogP contribution in [0, 0.1) is 0 Å². The first-order valence-electron chi connectivity index (χ1n) is 5.83. The van der Waals surface area contributed by atoms with Gasteiger partial charge in [0.25, 0.3) is 5.91 Å². The molecule has 19 heavy (non-hydrogen) atoms. The van der Waals surface area contributed by atoms with Gasteiger partial charge in [-0.2, -0.15) is 0 Å². The SMILES string of the molecule is COc1ccc(N(C)C(=O)c2ccccc2S)cc1. The number of anilines is 1. The number of amides is 1. The Kier molecular flexibility index (Phi) is 4.12. The lowest BCUT2D eigenvalue weighted by molar-refractivity contribution is 0.0990. The number of nitrogens with zero attached hydrogens (tertiary/aromatic N) is 1. The summed E-state index contributed by atoms with van der Waals surface area (Å²) in [5, 5.41) is 0. The Labute approximate surface area is 118 Å². The fraction of sp³-hybridized carbons (Fsp3) is 0.133. The summed E-state index contributed by atoms with van der Waals surface area (Å²) in [6.07, 6.45) is 0. The highest BCUT2D eigenvalue weighted by Gasteiger charge is 2.15. The molecule has 2 aromatic rings. The minimum atomic E-state index is -0.0873. The topological polar surface area (TPSA) is 29.5 Å². The van der Waals surface area contributed by atoms with Gasteiger partial charge in [0.2, 0.25) is 0 Å². The molecule has 4 heteroatoms. The van der Waals surface area contributed by atoms with E-state index in [1.807, 2.05) is 36.4 Å². The van der Waals surface area contributed by atoms with E-state index < -0.39 is 0 Å². The maximum atomic E-state index is 12.4. The first kappa shape index (κ1) is 13.5. The molecule has 0 unspecified atom stereocenters. The van der Waals surface area contributed by atoms with Crippen molar-refractivity contribution in [1.29, 1.82) is 0 Å². The predicted molar refractivity (Wildman–Crippen MR) is 79.4 cm³/mol. The minimum absolute atomic E-state index is 0.0873. The highest BCUT2D eigenvalue weighted by molar-refractivity contribution is 7.80. The molecular formula is C15H15NO2S. The number of ether oxygens (including phenoxy) is 1. The molecule has 3 nitrogen and oxygen atoms in total. The fourth-order valence-electron chi connectivity index (χ4n) is 1.76. The zero-order valence-electron chi connectivity index (χ0n) is 10.8. The van der Waals surface area contributed by atoms with Gasteiger partial charge in [-0.25, -0.2) is 0 Å². The highest BCUT2D eigenvalue weighted by atomic mass is 32.1. The number of thiol groups is 1. The number of rotatable bonds is 3. The third-order valence-electron chi connectivity index (χ3n) is 2.90. The second-order valence-electron chi connectivity index (χ2n) is 4.08. The molecule has 0 aromatic heterocycles. The van der Waals surface area contributed by atoms with E-state index in [4.69, 9.17) is 4.74 Å². The van der Waals surface area contributed by atoms with Gasteiger partial charge in [-0.15, -0.1) is 12.6 Å². The molecule has 0 aliphatic carbocycles. The molecule has 0 fully saturated rings. The quantitative estimate of drug-likeness (QED) is 0.870. The smallest absolute Gasteiger partial charge is 0.259 e. The van der Waals surface area contributed by atoms with Crippen molar-refractivity contribution >= 4 is 24.2 Å². The Bertz CT molecular complexity index is 581. The maximum absolute atomic E-state index is 12.4. The molecule has 0 bridgehead atoms. The molecule has 2 rings (SSSR count). The Balaban J connectivity index is 2.26. The molecule has 0 atom stereocenters. The van der Waals surface area contributed by atoms with E-state index in [2.05, 4.69) is 12.6 Å². The summed E-state index contributed by atoms with van der Waals surface area (Å²) in [6, 6.07) is 14.6. The van der Waals surface area contributed by atoms with Crippen LogP contribution in [0.3, 0.4) is 0 Å².